The summed E-state index contributed by atoms with van der Waals surface area (Å²) in [5.41, 5.74) is 1.64. The summed E-state index contributed by atoms with van der Waals surface area (Å²) in [6.45, 7) is 6.58. The molecule has 0 aromatic carbocycles. The topological polar surface area (TPSA) is 71.4 Å². The maximum Gasteiger partial charge on any atom is 0.325 e. The van der Waals surface area contributed by atoms with Crippen LogP contribution in [0.2, 0.25) is 0 Å². The molecule has 3 amide bonds. The summed E-state index contributed by atoms with van der Waals surface area (Å²) in [4.78, 5) is 40.9. The van der Waals surface area contributed by atoms with Crippen LogP contribution in [0.25, 0.3) is 0 Å². The maximum atomic E-state index is 13.0. The van der Waals surface area contributed by atoms with Crippen LogP contribution in [0.3, 0.4) is 0 Å². The minimum atomic E-state index is -0.806. The molecule has 0 unspecified atom stereocenters. The molecule has 0 bridgehead atoms. The molecule has 2 aliphatic rings. The van der Waals surface area contributed by atoms with Gasteiger partial charge in [0, 0.05) is 21.8 Å². The van der Waals surface area contributed by atoms with Crippen molar-refractivity contribution in [2.75, 3.05) is 6.54 Å². The third kappa shape index (κ3) is 3.52. The number of nitrogens with one attached hydrogen (secondary N) is 1. The van der Waals surface area contributed by atoms with Crippen LogP contribution < -0.4 is 5.32 Å². The molecule has 3 heterocycles. The molecule has 2 aromatic heterocycles. The summed E-state index contributed by atoms with van der Waals surface area (Å²) in [5.74, 6) is 0.130. The highest BCUT2D eigenvalue weighted by molar-refractivity contribution is 7.09. The zero-order chi connectivity index (χ0) is 20.8. The summed E-state index contributed by atoms with van der Waals surface area (Å²) < 4.78 is 2.11. The fourth-order valence-corrected chi connectivity index (χ4v) is 5.22. The van der Waals surface area contributed by atoms with E-state index in [4.69, 9.17) is 0 Å². The second-order valence-electron chi connectivity index (χ2n) is 8.46. The van der Waals surface area contributed by atoms with E-state index in [1.54, 1.807) is 11.3 Å². The molecule has 4 rings (SSSR count). The molecule has 7 heteroatoms. The summed E-state index contributed by atoms with van der Waals surface area (Å²) in [5, 5.41) is 4.93. The number of hydrogen-bond donors (Lipinski definition) is 1. The van der Waals surface area contributed by atoms with Crippen LogP contribution in [0.1, 0.15) is 59.2 Å². The minimum absolute atomic E-state index is 0.194. The highest BCUT2D eigenvalue weighted by Crippen LogP contribution is 2.36. The maximum absolute atomic E-state index is 13.0. The van der Waals surface area contributed by atoms with Gasteiger partial charge in [-0.05, 0) is 63.0 Å². The molecule has 2 fully saturated rings. The second kappa shape index (κ2) is 7.44. The van der Waals surface area contributed by atoms with E-state index in [9.17, 15) is 14.4 Å². The minimum Gasteiger partial charge on any atom is -0.343 e. The number of aromatic nitrogens is 1. The number of imide groups is 1. The number of urea groups is 1. The SMILES string of the molecule is Cc1cc(C(=O)CN2C(=O)NC3(CCC(C)CC3)C2=O)c(C)n1Cc1cccs1. The smallest absolute Gasteiger partial charge is 0.325 e. The highest BCUT2D eigenvalue weighted by atomic mass is 32.1. The Labute approximate surface area is 174 Å². The fraction of sp³-hybridized carbons (Fsp3) is 0.500. The van der Waals surface area contributed by atoms with Crippen molar-refractivity contribution in [2.24, 2.45) is 5.92 Å². The van der Waals surface area contributed by atoms with E-state index in [0.717, 1.165) is 29.1 Å². The molecule has 1 aliphatic heterocycles. The number of hydrogen-bond acceptors (Lipinski definition) is 4. The van der Waals surface area contributed by atoms with Crippen molar-refractivity contribution >= 4 is 29.1 Å². The van der Waals surface area contributed by atoms with Crippen molar-refractivity contribution in [3.05, 3.63) is 45.4 Å². The molecular weight excluding hydrogens is 386 g/mol. The molecule has 6 nitrogen and oxygen atoms in total. The normalized spacial score (nSPS) is 24.4. The monoisotopic (exact) mass is 413 g/mol. The first-order chi connectivity index (χ1) is 13.8. The summed E-state index contributed by atoms with van der Waals surface area (Å²) in [7, 11) is 0. The molecule has 1 aliphatic carbocycles. The number of amides is 3. The largest absolute Gasteiger partial charge is 0.343 e. The first-order valence-electron chi connectivity index (χ1n) is 10.2. The second-order valence-corrected chi connectivity index (χ2v) is 9.49. The van der Waals surface area contributed by atoms with Gasteiger partial charge in [-0.25, -0.2) is 4.79 Å². The Morgan fingerprint density at radius 1 is 1.28 bits per heavy atom. The van der Waals surface area contributed by atoms with Crippen molar-refractivity contribution in [1.82, 2.24) is 14.8 Å². The Morgan fingerprint density at radius 2 is 2.00 bits per heavy atom. The van der Waals surface area contributed by atoms with E-state index in [1.807, 2.05) is 31.4 Å². The van der Waals surface area contributed by atoms with Crippen LogP contribution in [-0.2, 0) is 11.3 Å². The molecule has 1 N–H and O–H groups in total. The quantitative estimate of drug-likeness (QED) is 0.597. The number of rotatable bonds is 5. The Bertz CT molecular complexity index is 952. The van der Waals surface area contributed by atoms with Crippen molar-refractivity contribution in [2.45, 2.75) is 58.5 Å². The lowest BCUT2D eigenvalue weighted by atomic mass is 9.77. The predicted octanol–water partition coefficient (Wildman–Crippen LogP) is 3.90. The lowest BCUT2D eigenvalue weighted by molar-refractivity contribution is -0.132. The molecule has 0 atom stereocenters. The average molecular weight is 414 g/mol. The van der Waals surface area contributed by atoms with Gasteiger partial charge in [-0.15, -0.1) is 11.3 Å². The van der Waals surface area contributed by atoms with Crippen LogP contribution in [-0.4, -0.2) is 39.3 Å². The van der Waals surface area contributed by atoms with Gasteiger partial charge in [0.25, 0.3) is 5.91 Å². The van der Waals surface area contributed by atoms with E-state index in [-0.39, 0.29) is 18.2 Å². The lowest BCUT2D eigenvalue weighted by Crippen LogP contribution is -2.49. The lowest BCUT2D eigenvalue weighted by Gasteiger charge is -2.33. The van der Waals surface area contributed by atoms with Gasteiger partial charge in [0.2, 0.25) is 0 Å². The van der Waals surface area contributed by atoms with Gasteiger partial charge < -0.3 is 9.88 Å². The van der Waals surface area contributed by atoms with Crippen LogP contribution in [0, 0.1) is 19.8 Å². The molecular formula is C22H27N3O3S. The Balaban J connectivity index is 1.51. The summed E-state index contributed by atoms with van der Waals surface area (Å²) >= 11 is 1.68. The van der Waals surface area contributed by atoms with Crippen molar-refractivity contribution < 1.29 is 14.4 Å². The van der Waals surface area contributed by atoms with Crippen molar-refractivity contribution in [3.8, 4) is 0 Å². The summed E-state index contributed by atoms with van der Waals surface area (Å²) in [6, 6.07) is 5.51. The number of carbonyl (C=O) groups excluding carboxylic acids is 3. The third-order valence-corrected chi connectivity index (χ3v) is 7.30. The molecule has 154 valence electrons. The molecule has 1 saturated heterocycles. The standard InChI is InChI=1S/C22H27N3O3S/c1-14-6-8-22(9-7-14)20(27)25(21(28)23-22)13-19(26)18-11-15(2)24(16(18)3)12-17-5-4-10-29-17/h4-5,10-11,14H,6-9,12-13H2,1-3H3,(H,23,28). The molecule has 1 saturated carbocycles. The molecule has 2 aromatic rings. The zero-order valence-corrected chi connectivity index (χ0v) is 18.0. The Morgan fingerprint density at radius 3 is 2.66 bits per heavy atom. The first-order valence-corrected chi connectivity index (χ1v) is 11.0. The van der Waals surface area contributed by atoms with Gasteiger partial charge in [-0.2, -0.15) is 0 Å². The van der Waals surface area contributed by atoms with Crippen LogP contribution >= 0.6 is 11.3 Å². The van der Waals surface area contributed by atoms with E-state index in [0.29, 0.717) is 30.9 Å². The van der Waals surface area contributed by atoms with Crippen molar-refractivity contribution in [1.29, 1.82) is 0 Å². The van der Waals surface area contributed by atoms with E-state index < -0.39 is 11.6 Å². The predicted molar refractivity (Wildman–Crippen MR) is 112 cm³/mol. The number of thiophene rings is 1. The number of aryl methyl sites for hydroxylation is 1. The average Bonchev–Trinajstić information content (AvgIpc) is 3.36. The number of nitrogens with zero attached hydrogens (tertiary/aromatic N) is 2. The van der Waals surface area contributed by atoms with Gasteiger partial charge in [0.05, 0.1) is 13.1 Å². The number of Topliss-reactive ketones (excluding diaryl/α,β-unsaturated/α-hetero) is 1. The fourth-order valence-electron chi connectivity index (χ4n) is 4.53. The van der Waals surface area contributed by atoms with Gasteiger partial charge in [0.15, 0.2) is 5.78 Å². The van der Waals surface area contributed by atoms with Gasteiger partial charge in [-0.1, -0.05) is 13.0 Å². The van der Waals surface area contributed by atoms with E-state index in [1.165, 1.54) is 4.88 Å². The molecule has 0 radical (unpaired) electrons. The van der Waals surface area contributed by atoms with E-state index in [2.05, 4.69) is 22.9 Å². The Hall–Kier alpha value is -2.41. The van der Waals surface area contributed by atoms with Gasteiger partial charge in [0.1, 0.15) is 5.54 Å². The van der Waals surface area contributed by atoms with Crippen LogP contribution in [0.15, 0.2) is 23.6 Å². The van der Waals surface area contributed by atoms with Crippen molar-refractivity contribution in [3.63, 3.8) is 0 Å². The summed E-state index contributed by atoms with van der Waals surface area (Å²) in [6.07, 6.45) is 3.13. The highest BCUT2D eigenvalue weighted by Gasteiger charge is 2.52. The van der Waals surface area contributed by atoms with Gasteiger partial charge in [-0.3, -0.25) is 14.5 Å². The molecule has 1 spiro atoms. The van der Waals surface area contributed by atoms with Crippen LogP contribution in [0.4, 0.5) is 4.79 Å². The van der Waals surface area contributed by atoms with Crippen LogP contribution in [0.5, 0.6) is 0 Å². The number of ketones is 1. The van der Waals surface area contributed by atoms with Gasteiger partial charge >= 0.3 is 6.03 Å². The van der Waals surface area contributed by atoms with E-state index >= 15 is 0 Å². The zero-order valence-electron chi connectivity index (χ0n) is 17.2. The third-order valence-electron chi connectivity index (χ3n) is 6.44. The molecule has 29 heavy (non-hydrogen) atoms. The Kier molecular flexibility index (Phi) is 5.11. The number of carbonyl (C=O) groups is 3. The first kappa shape index (κ1) is 19.9.